The van der Waals surface area contributed by atoms with Crippen LogP contribution >= 0.6 is 11.6 Å². The summed E-state index contributed by atoms with van der Waals surface area (Å²) in [5.41, 5.74) is 1.94. The maximum atomic E-state index is 9.18. The minimum absolute atomic E-state index is 0.0973. The third kappa shape index (κ3) is 2.64. The van der Waals surface area contributed by atoms with Gasteiger partial charge in [0.05, 0.1) is 12.1 Å². The lowest BCUT2D eigenvalue weighted by atomic mass is 10.1. The number of hydrogen-bond acceptors (Lipinski definition) is 3. The molecular weight excluding hydrogens is 248 g/mol. The Morgan fingerprint density at radius 1 is 1.39 bits per heavy atom. The minimum atomic E-state index is 0.0973. The van der Waals surface area contributed by atoms with Crippen molar-refractivity contribution in [2.24, 2.45) is 0 Å². The highest BCUT2D eigenvalue weighted by atomic mass is 35.5. The van der Waals surface area contributed by atoms with Crippen molar-refractivity contribution in [3.05, 3.63) is 41.0 Å². The minimum Gasteiger partial charge on any atom is -0.395 e. The van der Waals surface area contributed by atoms with Gasteiger partial charge in [0.2, 0.25) is 0 Å². The van der Waals surface area contributed by atoms with Gasteiger partial charge in [-0.2, -0.15) is 0 Å². The average Bonchev–Trinajstić information content (AvgIpc) is 2.41. The fraction of sp³-hybridized carbons (Fsp3) is 0.357. The molecule has 2 aromatic rings. The summed E-state index contributed by atoms with van der Waals surface area (Å²) in [7, 11) is 1.97. The number of halogens is 1. The lowest BCUT2D eigenvalue weighted by Crippen LogP contribution is -2.31. The molecule has 4 heteroatoms. The summed E-state index contributed by atoms with van der Waals surface area (Å²) in [5, 5.41) is 11.0. The van der Waals surface area contributed by atoms with Crippen LogP contribution in [0.1, 0.15) is 12.5 Å². The van der Waals surface area contributed by atoms with E-state index in [1.807, 2.05) is 38.2 Å². The summed E-state index contributed by atoms with van der Waals surface area (Å²) in [5.74, 6) is 0. The largest absolute Gasteiger partial charge is 0.395 e. The second-order valence-electron chi connectivity index (χ2n) is 4.55. The molecule has 2 rings (SSSR count). The Morgan fingerprint density at radius 2 is 2.17 bits per heavy atom. The average molecular weight is 265 g/mol. The second kappa shape index (κ2) is 5.65. The number of pyridine rings is 1. The van der Waals surface area contributed by atoms with E-state index >= 15 is 0 Å². The summed E-state index contributed by atoms with van der Waals surface area (Å²) in [4.78, 5) is 6.47. The van der Waals surface area contributed by atoms with Crippen LogP contribution in [0.2, 0.25) is 5.02 Å². The molecule has 0 spiro atoms. The standard InChI is InChI=1S/C14H17ClN2O/c1-10(9-18)17(2)8-12-13(15)6-5-11-4-3-7-16-14(11)12/h3-7,10,18H,8-9H2,1-2H3. The van der Waals surface area contributed by atoms with E-state index in [-0.39, 0.29) is 12.6 Å². The molecule has 1 heterocycles. The van der Waals surface area contributed by atoms with Crippen LogP contribution in [0.4, 0.5) is 0 Å². The molecule has 18 heavy (non-hydrogen) atoms. The first-order valence-corrected chi connectivity index (χ1v) is 6.34. The van der Waals surface area contributed by atoms with Gasteiger partial charge in [-0.1, -0.05) is 23.7 Å². The molecule has 1 N–H and O–H groups in total. The maximum absolute atomic E-state index is 9.18. The van der Waals surface area contributed by atoms with Crippen LogP contribution in [0.5, 0.6) is 0 Å². The van der Waals surface area contributed by atoms with Crippen molar-refractivity contribution in [2.75, 3.05) is 13.7 Å². The number of aliphatic hydroxyl groups is 1. The first-order chi connectivity index (χ1) is 8.63. The van der Waals surface area contributed by atoms with Gasteiger partial charge in [-0.05, 0) is 26.1 Å². The molecule has 1 aromatic heterocycles. The Bertz CT molecular complexity index is 544. The van der Waals surface area contributed by atoms with Crippen LogP contribution in [-0.4, -0.2) is 34.7 Å². The van der Waals surface area contributed by atoms with Crippen molar-refractivity contribution < 1.29 is 5.11 Å². The number of benzene rings is 1. The molecule has 0 saturated carbocycles. The van der Waals surface area contributed by atoms with E-state index in [9.17, 15) is 5.11 Å². The first-order valence-electron chi connectivity index (χ1n) is 5.96. The number of hydrogen-bond donors (Lipinski definition) is 1. The molecule has 0 bridgehead atoms. The maximum Gasteiger partial charge on any atom is 0.0761 e. The van der Waals surface area contributed by atoms with Crippen molar-refractivity contribution >= 4 is 22.5 Å². The quantitative estimate of drug-likeness (QED) is 0.922. The molecule has 0 amide bonds. The van der Waals surface area contributed by atoms with Crippen LogP contribution in [0, 0.1) is 0 Å². The lowest BCUT2D eigenvalue weighted by molar-refractivity contribution is 0.154. The number of likely N-dealkylation sites (N-methyl/N-ethyl adjacent to an activating group) is 1. The van der Waals surface area contributed by atoms with E-state index in [4.69, 9.17) is 11.6 Å². The number of fused-ring (bicyclic) bond motifs is 1. The summed E-state index contributed by atoms with van der Waals surface area (Å²) >= 11 is 6.27. The van der Waals surface area contributed by atoms with Gasteiger partial charge in [-0.25, -0.2) is 0 Å². The molecule has 1 atom stereocenters. The summed E-state index contributed by atoms with van der Waals surface area (Å²) in [6, 6.07) is 7.92. The zero-order valence-corrected chi connectivity index (χ0v) is 11.4. The van der Waals surface area contributed by atoms with Gasteiger partial charge in [0.1, 0.15) is 0 Å². The summed E-state index contributed by atoms with van der Waals surface area (Å²) in [6.07, 6.45) is 1.78. The van der Waals surface area contributed by atoms with Crippen LogP contribution in [0.25, 0.3) is 10.9 Å². The smallest absolute Gasteiger partial charge is 0.0761 e. The van der Waals surface area contributed by atoms with Gasteiger partial charge in [0.15, 0.2) is 0 Å². The van der Waals surface area contributed by atoms with E-state index in [1.165, 1.54) is 0 Å². The lowest BCUT2D eigenvalue weighted by Gasteiger charge is -2.23. The van der Waals surface area contributed by atoms with E-state index in [1.54, 1.807) is 6.20 Å². The number of rotatable bonds is 4. The zero-order valence-electron chi connectivity index (χ0n) is 10.6. The Kier molecular flexibility index (Phi) is 4.17. The predicted octanol–water partition coefficient (Wildman–Crippen LogP) is 2.70. The number of aliphatic hydroxyl groups excluding tert-OH is 1. The van der Waals surface area contributed by atoms with Gasteiger partial charge in [0, 0.05) is 34.8 Å². The van der Waals surface area contributed by atoms with Gasteiger partial charge in [0.25, 0.3) is 0 Å². The molecule has 0 aliphatic rings. The van der Waals surface area contributed by atoms with Gasteiger partial charge in [-0.3, -0.25) is 9.88 Å². The van der Waals surface area contributed by atoms with Gasteiger partial charge < -0.3 is 5.11 Å². The second-order valence-corrected chi connectivity index (χ2v) is 4.95. The van der Waals surface area contributed by atoms with Crippen LogP contribution in [0.15, 0.2) is 30.5 Å². The van der Waals surface area contributed by atoms with Crippen molar-refractivity contribution in [2.45, 2.75) is 19.5 Å². The van der Waals surface area contributed by atoms with E-state index in [0.717, 1.165) is 21.5 Å². The normalized spacial score (nSPS) is 13.2. The fourth-order valence-corrected chi connectivity index (χ4v) is 2.09. The first kappa shape index (κ1) is 13.3. The Hall–Kier alpha value is -1.16. The molecule has 3 nitrogen and oxygen atoms in total. The molecule has 0 saturated heterocycles. The molecule has 0 aliphatic carbocycles. The topological polar surface area (TPSA) is 36.4 Å². The van der Waals surface area contributed by atoms with Crippen LogP contribution in [-0.2, 0) is 6.54 Å². The van der Waals surface area contributed by atoms with E-state index in [2.05, 4.69) is 9.88 Å². The number of aromatic nitrogens is 1. The molecule has 0 radical (unpaired) electrons. The van der Waals surface area contributed by atoms with Crippen molar-refractivity contribution in [1.29, 1.82) is 0 Å². The highest BCUT2D eigenvalue weighted by Crippen LogP contribution is 2.25. The third-order valence-electron chi connectivity index (χ3n) is 3.25. The highest BCUT2D eigenvalue weighted by molar-refractivity contribution is 6.32. The van der Waals surface area contributed by atoms with Crippen molar-refractivity contribution in [3.63, 3.8) is 0 Å². The van der Waals surface area contributed by atoms with Crippen molar-refractivity contribution in [3.8, 4) is 0 Å². The fourth-order valence-electron chi connectivity index (χ4n) is 1.88. The molecule has 1 aromatic carbocycles. The van der Waals surface area contributed by atoms with Gasteiger partial charge >= 0.3 is 0 Å². The summed E-state index contributed by atoms with van der Waals surface area (Å²) in [6.45, 7) is 2.79. The van der Waals surface area contributed by atoms with E-state index < -0.39 is 0 Å². The van der Waals surface area contributed by atoms with Crippen LogP contribution in [0.3, 0.4) is 0 Å². The third-order valence-corrected chi connectivity index (χ3v) is 3.60. The van der Waals surface area contributed by atoms with Crippen molar-refractivity contribution in [1.82, 2.24) is 9.88 Å². The molecule has 0 fully saturated rings. The molecule has 1 unspecified atom stereocenters. The monoisotopic (exact) mass is 264 g/mol. The Morgan fingerprint density at radius 3 is 2.89 bits per heavy atom. The number of nitrogens with zero attached hydrogens (tertiary/aromatic N) is 2. The zero-order chi connectivity index (χ0) is 13.1. The predicted molar refractivity (Wildman–Crippen MR) is 74.8 cm³/mol. The summed E-state index contributed by atoms with van der Waals surface area (Å²) < 4.78 is 0. The molecule has 96 valence electrons. The Labute approximate surface area is 112 Å². The van der Waals surface area contributed by atoms with Gasteiger partial charge in [-0.15, -0.1) is 0 Å². The highest BCUT2D eigenvalue weighted by Gasteiger charge is 2.13. The Balaban J connectivity index is 2.40. The SMILES string of the molecule is CC(CO)N(C)Cc1c(Cl)ccc2cccnc12. The molecular formula is C14H17ClN2O. The molecule has 0 aliphatic heterocycles. The van der Waals surface area contributed by atoms with E-state index in [0.29, 0.717) is 6.54 Å². The van der Waals surface area contributed by atoms with Crippen LogP contribution < -0.4 is 0 Å².